The van der Waals surface area contributed by atoms with Gasteiger partial charge in [0.15, 0.2) is 0 Å². The number of β-lactam (4-membered cyclic amide) rings is 1. The van der Waals surface area contributed by atoms with Gasteiger partial charge in [0.05, 0.1) is 6.61 Å². The van der Waals surface area contributed by atoms with Crippen molar-refractivity contribution in [2.75, 3.05) is 13.2 Å². The first-order chi connectivity index (χ1) is 10.5. The standard InChI is InChI=1S/C11H12Cl4N2O6/c1-4(2-18)6(9(20)21)17-7(12)5(8(17)19)16-10(22)23-3-11(13,14)15/h5,7,18H,2-3H2,1H3,(H,16,22)(H,20,21)/t5-,7+/m1/s1. The van der Waals surface area contributed by atoms with Crippen LogP contribution in [0.15, 0.2) is 11.3 Å². The fourth-order valence-corrected chi connectivity index (χ4v) is 2.23. The van der Waals surface area contributed by atoms with E-state index in [1.807, 2.05) is 0 Å². The topological polar surface area (TPSA) is 116 Å². The zero-order valence-electron chi connectivity index (χ0n) is 11.6. The second kappa shape index (κ2) is 7.76. The maximum Gasteiger partial charge on any atom is 0.408 e. The minimum absolute atomic E-state index is 0.0359. The number of rotatable bonds is 5. The Labute approximate surface area is 150 Å². The van der Waals surface area contributed by atoms with Crippen molar-refractivity contribution >= 4 is 64.4 Å². The molecule has 2 atom stereocenters. The van der Waals surface area contributed by atoms with Gasteiger partial charge < -0.3 is 20.3 Å². The Kier molecular flexibility index (Phi) is 6.79. The first-order valence-electron chi connectivity index (χ1n) is 6.00. The normalized spacial score (nSPS) is 22.2. The first-order valence-corrected chi connectivity index (χ1v) is 7.57. The first kappa shape index (κ1) is 20.1. The van der Waals surface area contributed by atoms with E-state index >= 15 is 0 Å². The molecule has 12 heteroatoms. The van der Waals surface area contributed by atoms with Crippen molar-refractivity contribution < 1.29 is 29.3 Å². The van der Waals surface area contributed by atoms with Crippen LogP contribution >= 0.6 is 46.4 Å². The summed E-state index contributed by atoms with van der Waals surface area (Å²) in [5.74, 6) is -2.21. The van der Waals surface area contributed by atoms with Crippen molar-refractivity contribution in [3.8, 4) is 0 Å². The number of likely N-dealkylation sites (tertiary alicyclic amines) is 1. The molecule has 0 radical (unpaired) electrons. The number of aliphatic hydroxyl groups excluding tert-OH is 1. The summed E-state index contributed by atoms with van der Waals surface area (Å²) in [6.07, 6.45) is -1.06. The van der Waals surface area contributed by atoms with Crippen LogP contribution in [0.1, 0.15) is 6.92 Å². The molecule has 1 rings (SSSR count). The van der Waals surface area contributed by atoms with Crippen molar-refractivity contribution in [2.45, 2.75) is 22.3 Å². The number of alkyl carbamates (subject to hydrolysis) is 1. The van der Waals surface area contributed by atoms with E-state index in [4.69, 9.17) is 56.6 Å². The highest BCUT2D eigenvalue weighted by Gasteiger charge is 2.51. The van der Waals surface area contributed by atoms with Crippen molar-refractivity contribution in [2.24, 2.45) is 0 Å². The summed E-state index contributed by atoms with van der Waals surface area (Å²) in [5, 5.41) is 20.3. The lowest BCUT2D eigenvalue weighted by Crippen LogP contribution is -2.68. The zero-order chi connectivity index (χ0) is 17.9. The Balaban J connectivity index is 2.74. The van der Waals surface area contributed by atoms with Gasteiger partial charge in [0.1, 0.15) is 23.8 Å². The Morgan fingerprint density at radius 3 is 2.35 bits per heavy atom. The summed E-state index contributed by atoms with van der Waals surface area (Å²) < 4.78 is 2.76. The minimum Gasteiger partial charge on any atom is -0.477 e. The number of aliphatic hydroxyl groups is 1. The maximum atomic E-state index is 12.0. The van der Waals surface area contributed by atoms with Crippen LogP contribution in [0.25, 0.3) is 0 Å². The van der Waals surface area contributed by atoms with Crippen LogP contribution in [0.4, 0.5) is 4.79 Å². The van der Waals surface area contributed by atoms with Gasteiger partial charge in [-0.2, -0.15) is 0 Å². The maximum absolute atomic E-state index is 12.0. The molecule has 1 aliphatic heterocycles. The number of hydrogen-bond donors (Lipinski definition) is 3. The molecule has 0 aromatic carbocycles. The van der Waals surface area contributed by atoms with Crippen LogP contribution in [0.2, 0.25) is 0 Å². The fraction of sp³-hybridized carbons (Fsp3) is 0.545. The van der Waals surface area contributed by atoms with Gasteiger partial charge in [-0.3, -0.25) is 9.69 Å². The van der Waals surface area contributed by atoms with Crippen molar-refractivity contribution in [3.05, 3.63) is 11.3 Å². The van der Waals surface area contributed by atoms with E-state index < -0.39 is 52.2 Å². The number of carboxylic acid groups (broad SMARTS) is 1. The molecule has 1 heterocycles. The van der Waals surface area contributed by atoms with E-state index in [1.165, 1.54) is 6.92 Å². The lowest BCUT2D eigenvalue weighted by Gasteiger charge is -2.43. The number of carbonyl (C=O) groups excluding carboxylic acids is 2. The zero-order valence-corrected chi connectivity index (χ0v) is 14.6. The lowest BCUT2D eigenvalue weighted by molar-refractivity contribution is -0.149. The Morgan fingerprint density at radius 2 is 1.96 bits per heavy atom. The number of nitrogens with one attached hydrogen (secondary N) is 1. The molecule has 0 bridgehead atoms. The van der Waals surface area contributed by atoms with Crippen LogP contribution in [0.3, 0.4) is 0 Å². The fourth-order valence-electron chi connectivity index (χ4n) is 1.70. The summed E-state index contributed by atoms with van der Waals surface area (Å²) in [4.78, 5) is 35.4. The van der Waals surface area contributed by atoms with Gasteiger partial charge in [0, 0.05) is 0 Å². The number of amides is 2. The number of nitrogens with zero attached hydrogens (tertiary/aromatic N) is 1. The minimum atomic E-state index is -1.81. The smallest absolute Gasteiger partial charge is 0.408 e. The molecule has 0 saturated carbocycles. The number of ether oxygens (including phenoxy) is 1. The van der Waals surface area contributed by atoms with Gasteiger partial charge in [0.25, 0.3) is 5.91 Å². The van der Waals surface area contributed by atoms with Crippen LogP contribution in [0.5, 0.6) is 0 Å². The molecule has 1 saturated heterocycles. The average molecular weight is 410 g/mol. The van der Waals surface area contributed by atoms with Gasteiger partial charge in [0.2, 0.25) is 3.79 Å². The van der Waals surface area contributed by atoms with Gasteiger partial charge >= 0.3 is 12.1 Å². The average Bonchev–Trinajstić information content (AvgIpc) is 2.45. The highest BCUT2D eigenvalue weighted by atomic mass is 35.6. The molecule has 0 aromatic heterocycles. The van der Waals surface area contributed by atoms with E-state index in [0.717, 1.165) is 4.90 Å². The van der Waals surface area contributed by atoms with Crippen LogP contribution in [-0.4, -0.2) is 61.6 Å². The molecule has 0 unspecified atom stereocenters. The molecule has 0 aromatic rings. The van der Waals surface area contributed by atoms with Gasteiger partial charge in [-0.15, -0.1) is 0 Å². The van der Waals surface area contributed by atoms with Crippen molar-refractivity contribution in [3.63, 3.8) is 0 Å². The second-order valence-corrected chi connectivity index (χ2v) is 7.45. The van der Waals surface area contributed by atoms with Crippen molar-refractivity contribution in [1.29, 1.82) is 0 Å². The Morgan fingerprint density at radius 1 is 1.39 bits per heavy atom. The number of halogens is 4. The number of carbonyl (C=O) groups is 3. The van der Waals surface area contributed by atoms with Gasteiger partial charge in [-0.05, 0) is 12.5 Å². The van der Waals surface area contributed by atoms with Crippen LogP contribution in [0, 0.1) is 0 Å². The Bertz CT molecular complexity index is 547. The largest absolute Gasteiger partial charge is 0.477 e. The summed E-state index contributed by atoms with van der Waals surface area (Å²) in [5.41, 5.74) is -1.59. The molecule has 1 aliphatic rings. The summed E-state index contributed by atoms with van der Waals surface area (Å²) in [6.45, 7) is 0.208. The van der Waals surface area contributed by atoms with Crippen LogP contribution < -0.4 is 5.32 Å². The van der Waals surface area contributed by atoms with E-state index in [0.29, 0.717) is 0 Å². The lowest BCUT2D eigenvalue weighted by atomic mass is 10.0. The highest BCUT2D eigenvalue weighted by molar-refractivity contribution is 6.67. The van der Waals surface area contributed by atoms with Gasteiger partial charge in [-0.1, -0.05) is 46.4 Å². The third-order valence-electron chi connectivity index (χ3n) is 2.75. The number of carboxylic acids is 1. The van der Waals surface area contributed by atoms with Gasteiger partial charge in [-0.25, -0.2) is 9.59 Å². The monoisotopic (exact) mass is 408 g/mol. The molecule has 0 aliphatic carbocycles. The predicted molar refractivity (Wildman–Crippen MR) is 82.5 cm³/mol. The number of aliphatic carboxylic acids is 1. The van der Waals surface area contributed by atoms with Crippen LogP contribution in [-0.2, 0) is 14.3 Å². The second-order valence-electron chi connectivity index (χ2n) is 4.49. The highest BCUT2D eigenvalue weighted by Crippen LogP contribution is 2.30. The van der Waals surface area contributed by atoms with E-state index in [2.05, 4.69) is 10.1 Å². The quantitative estimate of drug-likeness (QED) is 0.272. The third-order valence-corrected chi connectivity index (χ3v) is 3.52. The van der Waals surface area contributed by atoms with Crippen molar-refractivity contribution in [1.82, 2.24) is 10.2 Å². The number of hydrogen-bond acceptors (Lipinski definition) is 5. The van der Waals surface area contributed by atoms with E-state index in [1.54, 1.807) is 0 Å². The third kappa shape index (κ3) is 5.02. The summed E-state index contributed by atoms with van der Waals surface area (Å²) in [7, 11) is 0. The molecule has 2 amide bonds. The van der Waals surface area contributed by atoms with E-state index in [9.17, 15) is 14.4 Å². The number of alkyl halides is 4. The Hall–Kier alpha value is -0.930. The molecule has 8 nitrogen and oxygen atoms in total. The SMILES string of the molecule is CC(CO)=C(C(=O)O)N1C(=O)[C@H](NC(=O)OCC(Cl)(Cl)Cl)[C@H]1Cl. The summed E-state index contributed by atoms with van der Waals surface area (Å²) in [6, 6.07) is -1.21. The molecular weight excluding hydrogens is 398 g/mol. The predicted octanol–water partition coefficient (Wildman–Crippen LogP) is 1.21. The molecule has 23 heavy (non-hydrogen) atoms. The molecule has 0 spiro atoms. The molecule has 3 N–H and O–H groups in total. The van der Waals surface area contributed by atoms with E-state index in [-0.39, 0.29) is 5.57 Å². The summed E-state index contributed by atoms with van der Waals surface area (Å²) >= 11 is 22.1. The molecule has 1 fully saturated rings. The molecule has 130 valence electrons. The molecular formula is C11H12Cl4N2O6.